The summed E-state index contributed by atoms with van der Waals surface area (Å²) >= 11 is 0. The van der Waals surface area contributed by atoms with Crippen molar-refractivity contribution in [3.05, 3.63) is 65.7 Å². The van der Waals surface area contributed by atoms with Crippen LogP contribution in [0.15, 0.2) is 59.6 Å². The summed E-state index contributed by atoms with van der Waals surface area (Å²) in [5.74, 6) is 0.936. The van der Waals surface area contributed by atoms with E-state index in [0.29, 0.717) is 0 Å². The fraction of sp³-hybridized carbons (Fsp3) is 0.300. The third-order valence-corrected chi connectivity index (χ3v) is 4.78. The van der Waals surface area contributed by atoms with E-state index in [1.165, 1.54) is 19.3 Å². The molecule has 3 heteroatoms. The predicted octanol–water partition coefficient (Wildman–Crippen LogP) is 4.55. The number of carbonyl (C=O) groups is 1. The van der Waals surface area contributed by atoms with Gasteiger partial charge in [0.1, 0.15) is 5.84 Å². The van der Waals surface area contributed by atoms with E-state index in [0.717, 1.165) is 35.5 Å². The van der Waals surface area contributed by atoms with Gasteiger partial charge in [-0.1, -0.05) is 55.7 Å². The van der Waals surface area contributed by atoms with E-state index < -0.39 is 0 Å². The molecule has 1 amide bonds. The minimum atomic E-state index is 0.113. The molecule has 0 radical (unpaired) electrons. The fourth-order valence-corrected chi connectivity index (χ4v) is 3.64. The molecule has 0 atom stereocenters. The average molecular weight is 304 g/mol. The molecule has 2 aromatic carbocycles. The number of amides is 1. The second kappa shape index (κ2) is 5.99. The number of para-hydroxylation sites is 1. The number of aliphatic imine (C=N–C) groups is 1. The molecule has 0 unspecified atom stereocenters. The van der Waals surface area contributed by atoms with Crippen molar-refractivity contribution in [1.82, 2.24) is 4.90 Å². The van der Waals surface area contributed by atoms with Gasteiger partial charge < -0.3 is 0 Å². The Labute approximate surface area is 136 Å². The Kier molecular flexibility index (Phi) is 3.70. The maximum atomic E-state index is 12.9. The second-order valence-electron chi connectivity index (χ2n) is 6.28. The molecule has 0 saturated heterocycles. The lowest BCUT2D eigenvalue weighted by atomic mass is 9.94. The van der Waals surface area contributed by atoms with Gasteiger partial charge in [-0.2, -0.15) is 0 Å². The minimum Gasteiger partial charge on any atom is -0.289 e. The molecule has 23 heavy (non-hydrogen) atoms. The number of hydrogen-bond donors (Lipinski definition) is 0. The summed E-state index contributed by atoms with van der Waals surface area (Å²) in [6.45, 7) is 0. The highest BCUT2D eigenvalue weighted by Gasteiger charge is 2.38. The quantitative estimate of drug-likeness (QED) is 0.801. The Hall–Kier alpha value is -2.42. The SMILES string of the molecule is O=C1c2ccccc2C(=Nc2ccccc2)N1C1CCCCC1. The largest absolute Gasteiger partial charge is 0.289 e. The van der Waals surface area contributed by atoms with Gasteiger partial charge in [-0.25, -0.2) is 4.99 Å². The van der Waals surface area contributed by atoms with Crippen LogP contribution in [0.25, 0.3) is 0 Å². The standard InChI is InChI=1S/C20H20N2O/c23-20-18-14-8-7-13-17(18)19(21-15-9-3-1-4-10-15)22(20)16-11-5-2-6-12-16/h1,3-4,7-10,13-14,16H,2,5-6,11-12H2. The van der Waals surface area contributed by atoms with Crippen LogP contribution in [0.4, 0.5) is 5.69 Å². The highest BCUT2D eigenvalue weighted by Crippen LogP contribution is 2.32. The van der Waals surface area contributed by atoms with Crippen molar-refractivity contribution < 1.29 is 4.79 Å². The van der Waals surface area contributed by atoms with Crippen molar-refractivity contribution in [2.24, 2.45) is 4.99 Å². The van der Waals surface area contributed by atoms with Crippen molar-refractivity contribution in [2.45, 2.75) is 38.1 Å². The summed E-state index contributed by atoms with van der Waals surface area (Å²) in [6.07, 6.45) is 5.82. The van der Waals surface area contributed by atoms with Crippen LogP contribution in [0.5, 0.6) is 0 Å². The van der Waals surface area contributed by atoms with Crippen LogP contribution >= 0.6 is 0 Å². The number of amidine groups is 1. The normalized spacial score (nSPS) is 20.1. The van der Waals surface area contributed by atoms with E-state index in [1.807, 2.05) is 59.5 Å². The van der Waals surface area contributed by atoms with Crippen molar-refractivity contribution in [3.8, 4) is 0 Å². The van der Waals surface area contributed by atoms with Gasteiger partial charge in [0.25, 0.3) is 5.91 Å². The lowest BCUT2D eigenvalue weighted by Gasteiger charge is -2.31. The number of nitrogens with zero attached hydrogens (tertiary/aromatic N) is 2. The summed E-state index contributed by atoms with van der Waals surface area (Å²) in [4.78, 5) is 19.7. The van der Waals surface area contributed by atoms with Gasteiger partial charge in [0, 0.05) is 11.6 Å². The molecule has 0 aromatic heterocycles. The van der Waals surface area contributed by atoms with Crippen LogP contribution in [0.2, 0.25) is 0 Å². The monoisotopic (exact) mass is 304 g/mol. The number of fused-ring (bicyclic) bond motifs is 1. The topological polar surface area (TPSA) is 32.7 Å². The first-order chi connectivity index (χ1) is 11.3. The molecule has 2 aromatic rings. The molecule has 1 fully saturated rings. The van der Waals surface area contributed by atoms with Gasteiger partial charge in [-0.3, -0.25) is 9.69 Å². The number of rotatable bonds is 2. The molecule has 1 aliphatic carbocycles. The van der Waals surface area contributed by atoms with Gasteiger partial charge in [0.05, 0.1) is 11.3 Å². The van der Waals surface area contributed by atoms with Gasteiger partial charge in [-0.05, 0) is 31.0 Å². The Balaban J connectivity index is 1.80. The number of benzene rings is 2. The third-order valence-electron chi connectivity index (χ3n) is 4.78. The molecule has 1 aliphatic heterocycles. The van der Waals surface area contributed by atoms with E-state index in [1.54, 1.807) is 0 Å². The summed E-state index contributed by atoms with van der Waals surface area (Å²) in [5, 5.41) is 0. The molecule has 3 nitrogen and oxygen atoms in total. The summed E-state index contributed by atoms with van der Waals surface area (Å²) in [7, 11) is 0. The van der Waals surface area contributed by atoms with Gasteiger partial charge in [0.2, 0.25) is 0 Å². The van der Waals surface area contributed by atoms with Crippen LogP contribution in [0, 0.1) is 0 Å². The van der Waals surface area contributed by atoms with Crippen LogP contribution < -0.4 is 0 Å². The number of carbonyl (C=O) groups excluding carboxylic acids is 1. The van der Waals surface area contributed by atoms with Crippen molar-refractivity contribution >= 4 is 17.4 Å². The van der Waals surface area contributed by atoms with Crippen molar-refractivity contribution in [2.75, 3.05) is 0 Å². The molecule has 1 heterocycles. The van der Waals surface area contributed by atoms with E-state index in [2.05, 4.69) is 0 Å². The van der Waals surface area contributed by atoms with Gasteiger partial charge in [-0.15, -0.1) is 0 Å². The zero-order chi connectivity index (χ0) is 15.6. The molecule has 116 valence electrons. The van der Waals surface area contributed by atoms with E-state index in [-0.39, 0.29) is 11.9 Å². The van der Waals surface area contributed by atoms with Crippen LogP contribution in [-0.4, -0.2) is 22.7 Å². The summed E-state index contributed by atoms with van der Waals surface area (Å²) < 4.78 is 0. The van der Waals surface area contributed by atoms with Gasteiger partial charge >= 0.3 is 0 Å². The molecule has 4 rings (SSSR count). The number of hydrogen-bond acceptors (Lipinski definition) is 2. The first-order valence-electron chi connectivity index (χ1n) is 8.41. The molecule has 1 saturated carbocycles. The predicted molar refractivity (Wildman–Crippen MR) is 92.1 cm³/mol. The lowest BCUT2D eigenvalue weighted by molar-refractivity contribution is 0.0792. The maximum Gasteiger partial charge on any atom is 0.260 e. The van der Waals surface area contributed by atoms with E-state index in [4.69, 9.17) is 4.99 Å². The summed E-state index contributed by atoms with van der Waals surface area (Å²) in [5.41, 5.74) is 2.65. The Morgan fingerprint density at radius 1 is 0.826 bits per heavy atom. The van der Waals surface area contributed by atoms with E-state index >= 15 is 0 Å². The fourth-order valence-electron chi connectivity index (χ4n) is 3.64. The molecule has 0 bridgehead atoms. The smallest absolute Gasteiger partial charge is 0.260 e. The summed E-state index contributed by atoms with van der Waals surface area (Å²) in [6, 6.07) is 18.0. The molecule has 0 spiro atoms. The Bertz CT molecular complexity index is 745. The van der Waals surface area contributed by atoms with Crippen LogP contribution in [0.1, 0.15) is 48.0 Å². The first-order valence-corrected chi connectivity index (χ1v) is 8.41. The lowest BCUT2D eigenvalue weighted by Crippen LogP contribution is -2.41. The maximum absolute atomic E-state index is 12.9. The van der Waals surface area contributed by atoms with E-state index in [9.17, 15) is 4.79 Å². The Morgan fingerprint density at radius 3 is 2.22 bits per heavy atom. The average Bonchev–Trinajstić information content (AvgIpc) is 2.89. The van der Waals surface area contributed by atoms with Crippen LogP contribution in [-0.2, 0) is 0 Å². The zero-order valence-electron chi connectivity index (χ0n) is 13.1. The minimum absolute atomic E-state index is 0.113. The Morgan fingerprint density at radius 2 is 1.48 bits per heavy atom. The first kappa shape index (κ1) is 14.2. The molecule has 2 aliphatic rings. The third kappa shape index (κ3) is 2.56. The highest BCUT2D eigenvalue weighted by molar-refractivity contribution is 6.24. The second-order valence-corrected chi connectivity index (χ2v) is 6.28. The van der Waals surface area contributed by atoms with Crippen molar-refractivity contribution in [1.29, 1.82) is 0 Å². The molecular weight excluding hydrogens is 284 g/mol. The van der Waals surface area contributed by atoms with Gasteiger partial charge in [0.15, 0.2) is 0 Å². The molecule has 0 N–H and O–H groups in total. The highest BCUT2D eigenvalue weighted by atomic mass is 16.2. The van der Waals surface area contributed by atoms with Crippen molar-refractivity contribution in [3.63, 3.8) is 0 Å². The molecular formula is C20H20N2O. The van der Waals surface area contributed by atoms with Crippen LogP contribution in [0.3, 0.4) is 0 Å². The zero-order valence-corrected chi connectivity index (χ0v) is 13.1.